The van der Waals surface area contributed by atoms with Gasteiger partial charge in [0.1, 0.15) is 5.15 Å². The number of pyridine rings is 3. The fourth-order valence-corrected chi connectivity index (χ4v) is 2.07. The Hall–Kier alpha value is -2.26. The van der Waals surface area contributed by atoms with Crippen molar-refractivity contribution in [2.45, 2.75) is 0 Å². The maximum Gasteiger partial charge on any atom is 0.130 e. The molecule has 92 valence electrons. The van der Waals surface area contributed by atoms with E-state index in [2.05, 4.69) is 15.0 Å². The molecule has 4 heteroatoms. The molecule has 0 aliphatic heterocycles. The summed E-state index contributed by atoms with van der Waals surface area (Å²) in [6.45, 7) is 0. The largest absolute Gasteiger partial charge is 0.264 e. The third kappa shape index (κ3) is 2.61. The summed E-state index contributed by atoms with van der Waals surface area (Å²) in [7, 11) is 0. The van der Waals surface area contributed by atoms with Crippen LogP contribution in [0.5, 0.6) is 0 Å². The van der Waals surface area contributed by atoms with E-state index >= 15 is 0 Å². The van der Waals surface area contributed by atoms with Gasteiger partial charge >= 0.3 is 0 Å². The fraction of sp³-hybridized carbons (Fsp3) is 0. The van der Waals surface area contributed by atoms with E-state index in [9.17, 15) is 0 Å². The molecule has 0 unspecified atom stereocenters. The summed E-state index contributed by atoms with van der Waals surface area (Å²) in [6.07, 6.45) is 7.05. The van der Waals surface area contributed by atoms with E-state index in [1.807, 2.05) is 36.4 Å². The predicted molar refractivity (Wildman–Crippen MR) is 75.7 cm³/mol. The molecule has 0 aliphatic carbocycles. The first-order valence-electron chi connectivity index (χ1n) is 5.81. The molecule has 3 heterocycles. The van der Waals surface area contributed by atoms with Crippen LogP contribution in [-0.4, -0.2) is 15.0 Å². The Balaban J connectivity index is 2.12. The molecule has 0 saturated carbocycles. The lowest BCUT2D eigenvalue weighted by molar-refractivity contribution is 1.27. The molecule has 0 amide bonds. The summed E-state index contributed by atoms with van der Waals surface area (Å²) in [5, 5.41) is 0.459. The summed E-state index contributed by atoms with van der Waals surface area (Å²) in [5.74, 6) is 0. The Bertz CT molecular complexity index is 627. The van der Waals surface area contributed by atoms with Gasteiger partial charge in [-0.25, -0.2) is 4.98 Å². The van der Waals surface area contributed by atoms with Gasteiger partial charge in [0.05, 0.1) is 5.69 Å². The monoisotopic (exact) mass is 267 g/mol. The van der Waals surface area contributed by atoms with Crippen molar-refractivity contribution >= 4 is 11.6 Å². The third-order valence-electron chi connectivity index (χ3n) is 2.75. The quantitative estimate of drug-likeness (QED) is 0.662. The number of hydrogen-bond donors (Lipinski definition) is 0. The van der Waals surface area contributed by atoms with Gasteiger partial charge in [0.2, 0.25) is 0 Å². The van der Waals surface area contributed by atoms with Crippen molar-refractivity contribution in [1.29, 1.82) is 0 Å². The predicted octanol–water partition coefficient (Wildman–Crippen LogP) is 3.86. The van der Waals surface area contributed by atoms with Crippen LogP contribution in [0.1, 0.15) is 0 Å². The zero-order valence-electron chi connectivity index (χ0n) is 9.99. The minimum atomic E-state index is 0.459. The van der Waals surface area contributed by atoms with E-state index in [1.54, 1.807) is 24.8 Å². The third-order valence-corrected chi connectivity index (χ3v) is 2.94. The van der Waals surface area contributed by atoms with Crippen molar-refractivity contribution in [3.05, 3.63) is 66.3 Å². The van der Waals surface area contributed by atoms with E-state index in [0.717, 1.165) is 22.4 Å². The summed E-state index contributed by atoms with van der Waals surface area (Å²) in [5.41, 5.74) is 3.75. The van der Waals surface area contributed by atoms with Gasteiger partial charge in [0.15, 0.2) is 0 Å². The molecule has 3 rings (SSSR count). The lowest BCUT2D eigenvalue weighted by Gasteiger charge is -2.06. The highest BCUT2D eigenvalue weighted by Crippen LogP contribution is 2.26. The number of nitrogens with zero attached hydrogens (tertiary/aromatic N) is 3. The highest BCUT2D eigenvalue weighted by molar-refractivity contribution is 6.29. The first-order valence-corrected chi connectivity index (χ1v) is 6.19. The minimum absolute atomic E-state index is 0.459. The Morgan fingerprint density at radius 1 is 0.789 bits per heavy atom. The van der Waals surface area contributed by atoms with Crippen LogP contribution >= 0.6 is 11.6 Å². The van der Waals surface area contributed by atoms with Gasteiger partial charge in [-0.1, -0.05) is 17.7 Å². The highest BCUT2D eigenvalue weighted by Gasteiger charge is 2.05. The zero-order valence-corrected chi connectivity index (χ0v) is 10.7. The van der Waals surface area contributed by atoms with Crippen LogP contribution in [0.25, 0.3) is 22.4 Å². The van der Waals surface area contributed by atoms with Crippen LogP contribution in [0.3, 0.4) is 0 Å². The smallest absolute Gasteiger partial charge is 0.130 e. The summed E-state index contributed by atoms with van der Waals surface area (Å²) in [6, 6.07) is 11.5. The molecule has 0 radical (unpaired) electrons. The van der Waals surface area contributed by atoms with Gasteiger partial charge in [-0.15, -0.1) is 0 Å². The molecule has 0 fully saturated rings. The van der Waals surface area contributed by atoms with Crippen molar-refractivity contribution in [3.8, 4) is 22.4 Å². The van der Waals surface area contributed by atoms with Crippen LogP contribution < -0.4 is 0 Å². The summed E-state index contributed by atoms with van der Waals surface area (Å²) in [4.78, 5) is 12.5. The topological polar surface area (TPSA) is 38.7 Å². The van der Waals surface area contributed by atoms with Gasteiger partial charge in [-0.3, -0.25) is 9.97 Å². The van der Waals surface area contributed by atoms with Crippen LogP contribution in [-0.2, 0) is 0 Å². The fourth-order valence-electron chi connectivity index (χ4n) is 1.86. The second kappa shape index (κ2) is 5.16. The number of halogens is 1. The second-order valence-corrected chi connectivity index (χ2v) is 4.43. The average Bonchev–Trinajstić information content (AvgIpc) is 2.48. The van der Waals surface area contributed by atoms with E-state index in [1.165, 1.54) is 0 Å². The van der Waals surface area contributed by atoms with Crippen LogP contribution in [0.4, 0.5) is 0 Å². The molecule has 0 aliphatic rings. The molecule has 0 aromatic carbocycles. The zero-order chi connectivity index (χ0) is 13.1. The van der Waals surface area contributed by atoms with Crippen molar-refractivity contribution in [3.63, 3.8) is 0 Å². The van der Waals surface area contributed by atoms with Gasteiger partial charge in [0.25, 0.3) is 0 Å². The Labute approximate surface area is 116 Å². The van der Waals surface area contributed by atoms with E-state index in [0.29, 0.717) is 5.15 Å². The first kappa shape index (κ1) is 11.8. The molecule has 0 N–H and O–H groups in total. The lowest BCUT2D eigenvalue weighted by atomic mass is 10.1. The van der Waals surface area contributed by atoms with Gasteiger partial charge in [-0.2, -0.15) is 0 Å². The number of hydrogen-bond acceptors (Lipinski definition) is 3. The average molecular weight is 268 g/mol. The molecule has 19 heavy (non-hydrogen) atoms. The molecule has 3 aromatic rings. The normalized spacial score (nSPS) is 10.4. The lowest BCUT2D eigenvalue weighted by Crippen LogP contribution is -1.88. The standard InChI is InChI=1S/C15H10ClN3/c16-15-8-13(11-3-1-5-17-9-11)7-14(19-15)12-4-2-6-18-10-12/h1-10H. The second-order valence-electron chi connectivity index (χ2n) is 4.05. The maximum absolute atomic E-state index is 6.10. The van der Waals surface area contributed by atoms with Crippen LogP contribution in [0.15, 0.2) is 61.2 Å². The van der Waals surface area contributed by atoms with Crippen LogP contribution in [0, 0.1) is 0 Å². The van der Waals surface area contributed by atoms with Gasteiger partial charge in [0, 0.05) is 35.9 Å². The summed E-state index contributed by atoms with van der Waals surface area (Å²) >= 11 is 6.10. The molecular formula is C15H10ClN3. The number of rotatable bonds is 2. The molecule has 3 aromatic heterocycles. The minimum Gasteiger partial charge on any atom is -0.264 e. The molecule has 0 bridgehead atoms. The summed E-state index contributed by atoms with van der Waals surface area (Å²) < 4.78 is 0. The van der Waals surface area contributed by atoms with Crippen molar-refractivity contribution in [1.82, 2.24) is 15.0 Å². The molecule has 0 spiro atoms. The van der Waals surface area contributed by atoms with E-state index in [-0.39, 0.29) is 0 Å². The van der Waals surface area contributed by atoms with Crippen molar-refractivity contribution in [2.24, 2.45) is 0 Å². The Morgan fingerprint density at radius 2 is 1.47 bits per heavy atom. The molecule has 3 nitrogen and oxygen atoms in total. The maximum atomic E-state index is 6.10. The van der Waals surface area contributed by atoms with E-state index < -0.39 is 0 Å². The number of aromatic nitrogens is 3. The van der Waals surface area contributed by atoms with Crippen LogP contribution in [0.2, 0.25) is 5.15 Å². The van der Waals surface area contributed by atoms with Gasteiger partial charge < -0.3 is 0 Å². The highest BCUT2D eigenvalue weighted by atomic mass is 35.5. The molecule has 0 saturated heterocycles. The SMILES string of the molecule is Clc1cc(-c2cccnc2)cc(-c2cccnc2)n1. The first-order chi connectivity index (χ1) is 9.33. The Kier molecular flexibility index (Phi) is 3.21. The van der Waals surface area contributed by atoms with Crippen molar-refractivity contribution < 1.29 is 0 Å². The molecule has 0 atom stereocenters. The Morgan fingerprint density at radius 3 is 2.11 bits per heavy atom. The van der Waals surface area contributed by atoms with Gasteiger partial charge in [-0.05, 0) is 35.9 Å². The molecular weight excluding hydrogens is 258 g/mol. The van der Waals surface area contributed by atoms with E-state index in [4.69, 9.17) is 11.6 Å². The van der Waals surface area contributed by atoms with Crippen molar-refractivity contribution in [2.75, 3.05) is 0 Å².